The number of nitrogens with zero attached hydrogens (tertiary/aromatic N) is 2. The molecule has 0 unspecified atom stereocenters. The van der Waals surface area contributed by atoms with Crippen LogP contribution in [-0.2, 0) is 6.54 Å². The number of halogens is 1. The number of rotatable bonds is 3. The molecule has 1 N–H and O–H groups in total. The summed E-state index contributed by atoms with van der Waals surface area (Å²) in [4.78, 5) is 18.5. The molecule has 2 aromatic carbocycles. The fourth-order valence-corrected chi connectivity index (χ4v) is 2.58. The normalized spacial score (nSPS) is 13.9. The van der Waals surface area contributed by atoms with Gasteiger partial charge in [-0.3, -0.25) is 9.89 Å². The van der Waals surface area contributed by atoms with Crippen LogP contribution in [0, 0.1) is 0 Å². The average Bonchev–Trinajstić information content (AvgIpc) is 3.03. The van der Waals surface area contributed by atoms with Gasteiger partial charge >= 0.3 is 6.03 Å². The van der Waals surface area contributed by atoms with E-state index in [4.69, 9.17) is 11.6 Å². The molecule has 4 nitrogen and oxygen atoms in total. The van der Waals surface area contributed by atoms with E-state index >= 15 is 0 Å². The monoisotopic (exact) mass is 313 g/mol. The van der Waals surface area contributed by atoms with Gasteiger partial charge in [0.15, 0.2) is 0 Å². The summed E-state index contributed by atoms with van der Waals surface area (Å²) < 4.78 is 0. The molecule has 0 atom stereocenters. The highest BCUT2D eigenvalue weighted by atomic mass is 35.5. The van der Waals surface area contributed by atoms with Crippen molar-refractivity contribution in [2.45, 2.75) is 6.54 Å². The zero-order valence-electron chi connectivity index (χ0n) is 12.0. The van der Waals surface area contributed by atoms with Gasteiger partial charge in [-0.15, -0.1) is 0 Å². The highest BCUT2D eigenvalue weighted by Crippen LogP contribution is 2.16. The topological polar surface area (TPSA) is 44.7 Å². The Morgan fingerprint density at radius 3 is 2.77 bits per heavy atom. The molecule has 3 rings (SSSR count). The third kappa shape index (κ3) is 3.28. The molecule has 0 radical (unpaired) electrons. The largest absolute Gasteiger partial charge is 0.334 e. The van der Waals surface area contributed by atoms with E-state index in [1.165, 1.54) is 0 Å². The fourth-order valence-electron chi connectivity index (χ4n) is 2.39. The third-order valence-corrected chi connectivity index (χ3v) is 3.69. The van der Waals surface area contributed by atoms with Crippen LogP contribution in [0.3, 0.4) is 0 Å². The van der Waals surface area contributed by atoms with Crippen LogP contribution in [-0.4, -0.2) is 29.9 Å². The lowest BCUT2D eigenvalue weighted by Crippen LogP contribution is -2.42. The van der Waals surface area contributed by atoms with E-state index < -0.39 is 0 Å². The predicted molar refractivity (Wildman–Crippen MR) is 88.2 cm³/mol. The van der Waals surface area contributed by atoms with Gasteiger partial charge in [0.25, 0.3) is 0 Å². The van der Waals surface area contributed by atoms with E-state index in [1.54, 1.807) is 11.0 Å². The Kier molecular flexibility index (Phi) is 4.39. The SMILES string of the molecule is O=C(NCc1ccccc1)N1CCN=C1c1cccc(Cl)c1. The summed E-state index contributed by atoms with van der Waals surface area (Å²) in [5.74, 6) is 0.674. The molecular formula is C17H16ClN3O. The summed E-state index contributed by atoms with van der Waals surface area (Å²) in [6, 6.07) is 17.1. The number of hydrogen-bond acceptors (Lipinski definition) is 2. The highest BCUT2D eigenvalue weighted by molar-refractivity contribution is 6.31. The Morgan fingerprint density at radius 1 is 1.18 bits per heavy atom. The second kappa shape index (κ2) is 6.62. The minimum atomic E-state index is -0.139. The molecule has 5 heteroatoms. The van der Waals surface area contributed by atoms with Crippen LogP contribution in [0.15, 0.2) is 59.6 Å². The van der Waals surface area contributed by atoms with Gasteiger partial charge in [-0.1, -0.05) is 54.1 Å². The van der Waals surface area contributed by atoms with E-state index in [1.807, 2.05) is 48.5 Å². The van der Waals surface area contributed by atoms with Gasteiger partial charge in [0.1, 0.15) is 5.84 Å². The summed E-state index contributed by atoms with van der Waals surface area (Å²) >= 11 is 6.02. The Bertz CT molecular complexity index is 700. The van der Waals surface area contributed by atoms with Gasteiger partial charge in [0.05, 0.1) is 6.54 Å². The number of amidine groups is 1. The summed E-state index contributed by atoms with van der Waals surface area (Å²) in [6.45, 7) is 1.70. The summed E-state index contributed by atoms with van der Waals surface area (Å²) in [5.41, 5.74) is 1.93. The molecule has 2 amide bonds. The van der Waals surface area contributed by atoms with Crippen molar-refractivity contribution < 1.29 is 4.79 Å². The quantitative estimate of drug-likeness (QED) is 0.928. The van der Waals surface area contributed by atoms with Crippen LogP contribution in [0.1, 0.15) is 11.1 Å². The molecular weight excluding hydrogens is 298 g/mol. The first-order chi connectivity index (χ1) is 10.7. The summed E-state index contributed by atoms with van der Waals surface area (Å²) in [6.07, 6.45) is 0. The van der Waals surface area contributed by atoms with E-state index in [2.05, 4.69) is 10.3 Å². The predicted octanol–water partition coefficient (Wildman–Crippen LogP) is 3.31. The van der Waals surface area contributed by atoms with Crippen LogP contribution < -0.4 is 5.32 Å². The first-order valence-electron chi connectivity index (χ1n) is 7.14. The molecule has 0 bridgehead atoms. The van der Waals surface area contributed by atoms with Crippen LogP contribution in [0.2, 0.25) is 5.02 Å². The van der Waals surface area contributed by atoms with Crippen molar-refractivity contribution in [3.63, 3.8) is 0 Å². The van der Waals surface area contributed by atoms with Gasteiger partial charge in [-0.2, -0.15) is 0 Å². The van der Waals surface area contributed by atoms with Crippen LogP contribution in [0.25, 0.3) is 0 Å². The molecule has 112 valence electrons. The minimum Gasteiger partial charge on any atom is -0.334 e. The van der Waals surface area contributed by atoms with Gasteiger partial charge in [0, 0.05) is 23.7 Å². The number of hydrogen-bond donors (Lipinski definition) is 1. The Balaban J connectivity index is 1.69. The second-order valence-corrected chi connectivity index (χ2v) is 5.45. The van der Waals surface area contributed by atoms with Crippen molar-refractivity contribution in [1.82, 2.24) is 10.2 Å². The molecule has 1 heterocycles. The van der Waals surface area contributed by atoms with Crippen molar-refractivity contribution >= 4 is 23.5 Å². The minimum absolute atomic E-state index is 0.139. The van der Waals surface area contributed by atoms with E-state index in [9.17, 15) is 4.79 Å². The first-order valence-corrected chi connectivity index (χ1v) is 7.51. The molecule has 22 heavy (non-hydrogen) atoms. The number of amides is 2. The van der Waals surface area contributed by atoms with Crippen molar-refractivity contribution in [2.75, 3.05) is 13.1 Å². The van der Waals surface area contributed by atoms with Crippen LogP contribution >= 0.6 is 11.6 Å². The number of carbonyl (C=O) groups excluding carboxylic acids is 1. The molecule has 0 saturated carbocycles. The summed E-state index contributed by atoms with van der Waals surface area (Å²) in [5, 5.41) is 3.56. The number of urea groups is 1. The van der Waals surface area contributed by atoms with Crippen molar-refractivity contribution in [2.24, 2.45) is 4.99 Å². The second-order valence-electron chi connectivity index (χ2n) is 5.01. The zero-order valence-corrected chi connectivity index (χ0v) is 12.8. The molecule has 0 aromatic heterocycles. The average molecular weight is 314 g/mol. The highest BCUT2D eigenvalue weighted by Gasteiger charge is 2.24. The molecule has 2 aromatic rings. The maximum Gasteiger partial charge on any atom is 0.323 e. The number of nitrogens with one attached hydrogen (secondary N) is 1. The molecule has 1 aliphatic heterocycles. The van der Waals surface area contributed by atoms with Crippen LogP contribution in [0.4, 0.5) is 4.79 Å². The fraction of sp³-hybridized carbons (Fsp3) is 0.176. The van der Waals surface area contributed by atoms with Gasteiger partial charge in [-0.25, -0.2) is 4.79 Å². The maximum atomic E-state index is 12.4. The molecule has 0 saturated heterocycles. The van der Waals surface area contributed by atoms with Crippen molar-refractivity contribution in [3.8, 4) is 0 Å². The Morgan fingerprint density at radius 2 is 2.00 bits per heavy atom. The van der Waals surface area contributed by atoms with E-state index in [-0.39, 0.29) is 6.03 Å². The van der Waals surface area contributed by atoms with E-state index in [0.29, 0.717) is 30.5 Å². The summed E-state index contributed by atoms with van der Waals surface area (Å²) in [7, 11) is 0. The Labute approximate surface area is 134 Å². The zero-order chi connectivity index (χ0) is 15.4. The molecule has 0 fully saturated rings. The van der Waals surface area contributed by atoms with Gasteiger partial charge < -0.3 is 5.32 Å². The standard InChI is InChI=1S/C17H16ClN3O/c18-15-8-4-7-14(11-15)16-19-9-10-21(16)17(22)20-12-13-5-2-1-3-6-13/h1-8,11H,9-10,12H2,(H,20,22). The number of aliphatic imine (C=N–C) groups is 1. The number of carbonyl (C=O) groups is 1. The maximum absolute atomic E-state index is 12.4. The lowest BCUT2D eigenvalue weighted by molar-refractivity contribution is 0.223. The lowest BCUT2D eigenvalue weighted by atomic mass is 10.2. The third-order valence-electron chi connectivity index (χ3n) is 3.46. The number of benzene rings is 2. The smallest absolute Gasteiger partial charge is 0.323 e. The molecule has 0 spiro atoms. The van der Waals surface area contributed by atoms with E-state index in [0.717, 1.165) is 11.1 Å². The van der Waals surface area contributed by atoms with Crippen LogP contribution in [0.5, 0.6) is 0 Å². The van der Waals surface area contributed by atoms with Crippen molar-refractivity contribution in [1.29, 1.82) is 0 Å². The molecule has 1 aliphatic rings. The van der Waals surface area contributed by atoms with Crippen molar-refractivity contribution in [3.05, 3.63) is 70.7 Å². The first kappa shape index (κ1) is 14.6. The van der Waals surface area contributed by atoms with Gasteiger partial charge in [-0.05, 0) is 17.7 Å². The Hall–Kier alpha value is -2.33. The van der Waals surface area contributed by atoms with Gasteiger partial charge in [0.2, 0.25) is 0 Å². The lowest BCUT2D eigenvalue weighted by Gasteiger charge is -2.19. The molecule has 0 aliphatic carbocycles.